The topological polar surface area (TPSA) is 0 Å². The van der Waals surface area contributed by atoms with Gasteiger partial charge in [-0.25, -0.2) is 0 Å². The van der Waals surface area contributed by atoms with Gasteiger partial charge in [0.25, 0.3) is 0 Å². The standard InChI is InChI=1S/C15H16S.3C2H6/c1-5-9-11-15-12(7-3)13(10-6-2)14(8-4)16-15;3*1-2/h5-11H,1-3H2,4H3;3*1-2H3/b11-9-,13-10-,14-8+;;;. The van der Waals surface area contributed by atoms with Gasteiger partial charge in [0.1, 0.15) is 0 Å². The lowest BCUT2D eigenvalue weighted by Crippen LogP contribution is -2.19. The van der Waals surface area contributed by atoms with E-state index in [1.807, 2.05) is 72.8 Å². The van der Waals surface area contributed by atoms with E-state index in [9.17, 15) is 0 Å². The van der Waals surface area contributed by atoms with Crippen molar-refractivity contribution in [3.05, 3.63) is 58.2 Å². The summed E-state index contributed by atoms with van der Waals surface area (Å²) in [6.07, 6.45) is 13.6. The van der Waals surface area contributed by atoms with Crippen LogP contribution in [0.2, 0.25) is 0 Å². The Hall–Kier alpha value is -1.60. The SMILES string of the molecule is C=C/C=C\c1sc(=C/C)/c(=C\C=C)c1C=C.CC.CC.CC. The van der Waals surface area contributed by atoms with Crippen LogP contribution in [0.5, 0.6) is 0 Å². The van der Waals surface area contributed by atoms with Crippen LogP contribution in [-0.4, -0.2) is 0 Å². The van der Waals surface area contributed by atoms with E-state index in [4.69, 9.17) is 0 Å². The smallest absolute Gasteiger partial charge is 0.0355 e. The third kappa shape index (κ3) is 8.63. The maximum Gasteiger partial charge on any atom is 0.0355 e. The summed E-state index contributed by atoms with van der Waals surface area (Å²) in [6, 6.07) is 0. The molecule has 124 valence electrons. The highest BCUT2D eigenvalue weighted by molar-refractivity contribution is 7.11. The molecule has 0 saturated heterocycles. The Labute approximate surface area is 142 Å². The molecule has 1 heterocycles. The van der Waals surface area contributed by atoms with Crippen molar-refractivity contribution in [3.8, 4) is 0 Å². The van der Waals surface area contributed by atoms with Gasteiger partial charge < -0.3 is 0 Å². The zero-order valence-electron chi connectivity index (χ0n) is 15.6. The number of allylic oxidation sites excluding steroid dienone is 3. The number of rotatable bonds is 4. The van der Waals surface area contributed by atoms with Gasteiger partial charge >= 0.3 is 0 Å². The molecule has 1 aromatic heterocycles. The molecule has 1 rings (SSSR count). The second-order valence-corrected chi connectivity index (χ2v) is 4.23. The fourth-order valence-corrected chi connectivity index (χ4v) is 2.58. The van der Waals surface area contributed by atoms with Crippen molar-refractivity contribution in [2.24, 2.45) is 0 Å². The second kappa shape index (κ2) is 19.4. The molecule has 0 atom stereocenters. The minimum Gasteiger partial charge on any atom is -0.136 e. The first-order chi connectivity index (χ1) is 10.8. The fraction of sp³-hybridized carbons (Fsp3) is 0.333. The molecule has 0 fully saturated rings. The molecule has 0 saturated carbocycles. The Balaban J connectivity index is -0.000000535. The van der Waals surface area contributed by atoms with Gasteiger partial charge in [0.15, 0.2) is 0 Å². The Morgan fingerprint density at radius 3 is 1.77 bits per heavy atom. The zero-order chi connectivity index (χ0) is 18.0. The van der Waals surface area contributed by atoms with Crippen LogP contribution in [-0.2, 0) is 0 Å². The molecule has 0 aliphatic rings. The normalized spacial score (nSPS) is 10.5. The van der Waals surface area contributed by atoms with Crippen molar-refractivity contribution in [2.45, 2.75) is 48.5 Å². The first kappa shape index (κ1) is 25.4. The van der Waals surface area contributed by atoms with E-state index in [0.29, 0.717) is 0 Å². The van der Waals surface area contributed by atoms with Gasteiger partial charge in [-0.05, 0) is 23.8 Å². The lowest BCUT2D eigenvalue weighted by molar-refractivity contribution is 1.50. The van der Waals surface area contributed by atoms with Crippen molar-refractivity contribution in [3.63, 3.8) is 0 Å². The number of thiophene rings is 1. The molecule has 0 unspecified atom stereocenters. The third-order valence-corrected chi connectivity index (χ3v) is 3.43. The van der Waals surface area contributed by atoms with Gasteiger partial charge in [-0.2, -0.15) is 0 Å². The first-order valence-corrected chi connectivity index (χ1v) is 8.93. The van der Waals surface area contributed by atoms with Crippen LogP contribution in [0.1, 0.15) is 58.9 Å². The molecule has 0 N–H and O–H groups in total. The fourth-order valence-electron chi connectivity index (χ4n) is 1.49. The molecular weight excluding hydrogens is 284 g/mol. The Morgan fingerprint density at radius 2 is 1.41 bits per heavy atom. The van der Waals surface area contributed by atoms with Crippen molar-refractivity contribution in [1.82, 2.24) is 0 Å². The van der Waals surface area contributed by atoms with Crippen LogP contribution >= 0.6 is 11.3 Å². The molecule has 0 nitrogen and oxygen atoms in total. The highest BCUT2D eigenvalue weighted by Gasteiger charge is 2.02. The molecule has 22 heavy (non-hydrogen) atoms. The Kier molecular flexibility index (Phi) is 22.4. The maximum absolute atomic E-state index is 3.87. The predicted molar refractivity (Wildman–Crippen MR) is 112 cm³/mol. The summed E-state index contributed by atoms with van der Waals surface area (Å²) in [6.45, 7) is 25.3. The van der Waals surface area contributed by atoms with Gasteiger partial charge in [-0.3, -0.25) is 0 Å². The minimum atomic E-state index is 1.16. The van der Waals surface area contributed by atoms with E-state index >= 15 is 0 Å². The molecule has 0 amide bonds. The maximum atomic E-state index is 3.87. The van der Waals surface area contributed by atoms with E-state index < -0.39 is 0 Å². The van der Waals surface area contributed by atoms with Crippen molar-refractivity contribution >= 4 is 35.6 Å². The lowest BCUT2D eigenvalue weighted by atomic mass is 10.2. The summed E-state index contributed by atoms with van der Waals surface area (Å²) < 4.78 is 1.25. The van der Waals surface area contributed by atoms with E-state index in [0.717, 1.165) is 5.56 Å². The Morgan fingerprint density at radius 1 is 0.864 bits per heavy atom. The van der Waals surface area contributed by atoms with Crippen LogP contribution < -0.4 is 9.75 Å². The van der Waals surface area contributed by atoms with Crippen LogP contribution in [0.25, 0.3) is 24.3 Å². The molecule has 0 radical (unpaired) electrons. The lowest BCUT2D eigenvalue weighted by Gasteiger charge is -1.89. The molecule has 0 aliphatic carbocycles. The van der Waals surface area contributed by atoms with Crippen LogP contribution in [0.4, 0.5) is 0 Å². The molecule has 0 aromatic carbocycles. The van der Waals surface area contributed by atoms with Crippen LogP contribution in [0.3, 0.4) is 0 Å². The van der Waals surface area contributed by atoms with Gasteiger partial charge in [-0.15, -0.1) is 11.3 Å². The van der Waals surface area contributed by atoms with Crippen molar-refractivity contribution in [2.75, 3.05) is 0 Å². The quantitative estimate of drug-likeness (QED) is 0.561. The average Bonchev–Trinajstić information content (AvgIpc) is 2.95. The average molecular weight is 319 g/mol. The molecular formula is C21H34S. The summed E-state index contributed by atoms with van der Waals surface area (Å²) in [4.78, 5) is 1.20. The van der Waals surface area contributed by atoms with E-state index in [1.54, 1.807) is 17.4 Å². The Bertz CT molecular complexity index is 539. The van der Waals surface area contributed by atoms with Crippen molar-refractivity contribution < 1.29 is 0 Å². The van der Waals surface area contributed by atoms with Gasteiger partial charge in [0.05, 0.1) is 0 Å². The monoisotopic (exact) mass is 318 g/mol. The molecule has 1 heteroatoms. The van der Waals surface area contributed by atoms with Crippen molar-refractivity contribution in [1.29, 1.82) is 0 Å². The molecule has 0 bridgehead atoms. The van der Waals surface area contributed by atoms with Crippen LogP contribution in [0.15, 0.2) is 38.0 Å². The highest BCUT2D eigenvalue weighted by atomic mass is 32.1. The number of hydrogen-bond acceptors (Lipinski definition) is 1. The van der Waals surface area contributed by atoms with Gasteiger partial charge in [0, 0.05) is 9.41 Å². The third-order valence-electron chi connectivity index (χ3n) is 2.18. The summed E-state index contributed by atoms with van der Waals surface area (Å²) in [5.74, 6) is 0. The predicted octanol–water partition coefficient (Wildman–Crippen LogP) is 6.44. The molecule has 0 aliphatic heterocycles. The summed E-state index contributed by atoms with van der Waals surface area (Å²) in [5.41, 5.74) is 1.16. The number of hydrogen-bond donors (Lipinski definition) is 0. The first-order valence-electron chi connectivity index (χ1n) is 8.12. The summed E-state index contributed by atoms with van der Waals surface area (Å²) in [5, 5.41) is 1.20. The summed E-state index contributed by atoms with van der Waals surface area (Å²) in [7, 11) is 0. The summed E-state index contributed by atoms with van der Waals surface area (Å²) >= 11 is 1.75. The van der Waals surface area contributed by atoms with Gasteiger partial charge in [-0.1, -0.05) is 97.7 Å². The van der Waals surface area contributed by atoms with E-state index in [2.05, 4.69) is 31.9 Å². The minimum absolute atomic E-state index is 1.16. The molecule has 1 aromatic rings. The van der Waals surface area contributed by atoms with E-state index in [1.165, 1.54) is 14.6 Å². The van der Waals surface area contributed by atoms with Crippen LogP contribution in [0, 0.1) is 0 Å². The van der Waals surface area contributed by atoms with E-state index in [-0.39, 0.29) is 0 Å². The zero-order valence-corrected chi connectivity index (χ0v) is 16.4. The second-order valence-electron chi connectivity index (χ2n) is 3.15. The largest absolute Gasteiger partial charge is 0.136 e. The van der Waals surface area contributed by atoms with Gasteiger partial charge in [0.2, 0.25) is 0 Å². The molecule has 0 spiro atoms. The highest BCUT2D eigenvalue weighted by Crippen LogP contribution is 2.12.